The van der Waals surface area contributed by atoms with E-state index in [0.717, 1.165) is 42.5 Å². The maximum atomic E-state index is 5.96. The zero-order valence-electron chi connectivity index (χ0n) is 11.9. The van der Waals surface area contributed by atoms with Gasteiger partial charge in [0.15, 0.2) is 11.9 Å². The Kier molecular flexibility index (Phi) is 3.65. The smallest absolute Gasteiger partial charge is 0.170 e. The number of aromatic nitrogens is 2. The van der Waals surface area contributed by atoms with Crippen LogP contribution < -0.4 is 10.1 Å². The van der Waals surface area contributed by atoms with Crippen molar-refractivity contribution in [1.82, 2.24) is 15.3 Å². The Labute approximate surface area is 119 Å². The van der Waals surface area contributed by atoms with Gasteiger partial charge in [0.1, 0.15) is 5.75 Å². The summed E-state index contributed by atoms with van der Waals surface area (Å²) < 4.78 is 5.96. The summed E-state index contributed by atoms with van der Waals surface area (Å²) in [5, 5.41) is 3.30. The van der Waals surface area contributed by atoms with Crippen molar-refractivity contribution in [3.63, 3.8) is 0 Å². The van der Waals surface area contributed by atoms with Gasteiger partial charge in [-0.2, -0.15) is 0 Å². The molecule has 1 N–H and O–H groups in total. The number of hydrogen-bond donors (Lipinski definition) is 1. The molecule has 2 aromatic rings. The molecule has 1 aliphatic rings. The van der Waals surface area contributed by atoms with Crippen LogP contribution >= 0.6 is 0 Å². The third kappa shape index (κ3) is 2.65. The van der Waals surface area contributed by atoms with E-state index in [1.165, 1.54) is 5.56 Å². The van der Waals surface area contributed by atoms with Crippen molar-refractivity contribution in [3.05, 3.63) is 53.1 Å². The van der Waals surface area contributed by atoms with Crippen molar-refractivity contribution in [2.45, 2.75) is 32.9 Å². The second kappa shape index (κ2) is 5.59. The summed E-state index contributed by atoms with van der Waals surface area (Å²) in [4.78, 5) is 9.18. The Morgan fingerprint density at radius 2 is 2.15 bits per heavy atom. The molecular weight excluding hydrogens is 250 g/mol. The molecule has 1 aromatic carbocycles. The highest BCUT2D eigenvalue weighted by Gasteiger charge is 2.26. The predicted octanol–water partition coefficient (Wildman–Crippen LogP) is 2.57. The van der Waals surface area contributed by atoms with Crippen LogP contribution in [-0.4, -0.2) is 16.5 Å². The van der Waals surface area contributed by atoms with Crippen molar-refractivity contribution >= 4 is 0 Å². The second-order valence-electron chi connectivity index (χ2n) is 5.06. The van der Waals surface area contributed by atoms with Crippen LogP contribution in [0.4, 0.5) is 0 Å². The Morgan fingerprint density at radius 3 is 2.95 bits per heavy atom. The monoisotopic (exact) mass is 269 g/mol. The van der Waals surface area contributed by atoms with Crippen LogP contribution in [0.15, 0.2) is 30.3 Å². The molecule has 0 saturated carbocycles. The molecule has 0 amide bonds. The van der Waals surface area contributed by atoms with Gasteiger partial charge in [0.25, 0.3) is 0 Å². The molecule has 1 aromatic heterocycles. The molecular formula is C16H19N3O. The average Bonchev–Trinajstić information content (AvgIpc) is 2.88. The van der Waals surface area contributed by atoms with E-state index in [2.05, 4.69) is 28.3 Å². The maximum Gasteiger partial charge on any atom is 0.170 e. The van der Waals surface area contributed by atoms with Gasteiger partial charge >= 0.3 is 0 Å². The molecule has 20 heavy (non-hydrogen) atoms. The summed E-state index contributed by atoms with van der Waals surface area (Å²) >= 11 is 0. The van der Waals surface area contributed by atoms with E-state index in [1.54, 1.807) is 0 Å². The van der Waals surface area contributed by atoms with Crippen LogP contribution in [0.5, 0.6) is 5.75 Å². The van der Waals surface area contributed by atoms with E-state index >= 15 is 0 Å². The molecule has 1 atom stereocenters. The fourth-order valence-electron chi connectivity index (χ4n) is 2.47. The molecule has 104 valence electrons. The first kappa shape index (κ1) is 13.1. The van der Waals surface area contributed by atoms with Crippen LogP contribution in [0.25, 0.3) is 0 Å². The molecule has 4 heteroatoms. The first-order valence-corrected chi connectivity index (χ1v) is 7.06. The van der Waals surface area contributed by atoms with Crippen LogP contribution in [0.1, 0.15) is 35.8 Å². The SMILES string of the molecule is CCNCc1cc(C)nc(C2Cc3ccccc3O2)n1. The van der Waals surface area contributed by atoms with Crippen LogP contribution in [0.2, 0.25) is 0 Å². The van der Waals surface area contributed by atoms with Gasteiger partial charge in [-0.1, -0.05) is 25.1 Å². The summed E-state index contributed by atoms with van der Waals surface area (Å²) in [7, 11) is 0. The summed E-state index contributed by atoms with van der Waals surface area (Å²) in [5.74, 6) is 1.74. The topological polar surface area (TPSA) is 47.0 Å². The number of nitrogens with zero attached hydrogens (tertiary/aromatic N) is 2. The van der Waals surface area contributed by atoms with Crippen molar-refractivity contribution < 1.29 is 4.74 Å². The average molecular weight is 269 g/mol. The number of ether oxygens (including phenoxy) is 1. The molecule has 1 aliphatic heterocycles. The zero-order valence-corrected chi connectivity index (χ0v) is 11.9. The lowest BCUT2D eigenvalue weighted by atomic mass is 10.1. The van der Waals surface area contributed by atoms with Crippen molar-refractivity contribution in [2.75, 3.05) is 6.54 Å². The molecule has 4 nitrogen and oxygen atoms in total. The first-order chi connectivity index (χ1) is 9.76. The summed E-state index contributed by atoms with van der Waals surface area (Å²) in [5.41, 5.74) is 3.24. The van der Waals surface area contributed by atoms with Crippen LogP contribution in [-0.2, 0) is 13.0 Å². The van der Waals surface area contributed by atoms with Gasteiger partial charge in [-0.25, -0.2) is 9.97 Å². The molecule has 1 unspecified atom stereocenters. The number of benzene rings is 1. The van der Waals surface area contributed by atoms with Gasteiger partial charge < -0.3 is 10.1 Å². The maximum absolute atomic E-state index is 5.96. The normalized spacial score (nSPS) is 16.8. The number of para-hydroxylation sites is 1. The first-order valence-electron chi connectivity index (χ1n) is 7.06. The Bertz CT molecular complexity index is 587. The molecule has 3 rings (SSSR count). The van der Waals surface area contributed by atoms with E-state index in [0.29, 0.717) is 0 Å². The standard InChI is InChI=1S/C16H19N3O/c1-3-17-10-13-8-11(2)18-16(19-13)15-9-12-6-4-5-7-14(12)20-15/h4-8,15,17H,3,9-10H2,1-2H3. The lowest BCUT2D eigenvalue weighted by Gasteiger charge is -2.12. The highest BCUT2D eigenvalue weighted by atomic mass is 16.5. The molecule has 0 spiro atoms. The number of hydrogen-bond acceptors (Lipinski definition) is 4. The minimum atomic E-state index is -0.0623. The van der Waals surface area contributed by atoms with E-state index in [4.69, 9.17) is 4.74 Å². The molecule has 0 saturated heterocycles. The summed E-state index contributed by atoms with van der Waals surface area (Å²) in [6.07, 6.45) is 0.785. The molecule has 0 fully saturated rings. The predicted molar refractivity (Wildman–Crippen MR) is 77.7 cm³/mol. The Morgan fingerprint density at radius 1 is 1.30 bits per heavy atom. The van der Waals surface area contributed by atoms with Gasteiger partial charge in [-0.15, -0.1) is 0 Å². The zero-order chi connectivity index (χ0) is 13.9. The third-order valence-electron chi connectivity index (χ3n) is 3.42. The minimum Gasteiger partial charge on any atom is -0.482 e. The van der Waals surface area contributed by atoms with E-state index in [1.807, 2.05) is 31.2 Å². The fraction of sp³-hybridized carbons (Fsp3) is 0.375. The Balaban J connectivity index is 1.83. The van der Waals surface area contributed by atoms with E-state index in [9.17, 15) is 0 Å². The number of rotatable bonds is 4. The molecule has 0 aliphatic carbocycles. The van der Waals surface area contributed by atoms with Crippen molar-refractivity contribution in [3.8, 4) is 5.75 Å². The summed E-state index contributed by atoms with van der Waals surface area (Å²) in [6, 6.07) is 10.2. The highest BCUT2D eigenvalue weighted by Crippen LogP contribution is 2.35. The lowest BCUT2D eigenvalue weighted by molar-refractivity contribution is 0.226. The van der Waals surface area contributed by atoms with E-state index < -0.39 is 0 Å². The van der Waals surface area contributed by atoms with Gasteiger partial charge in [-0.05, 0) is 31.2 Å². The minimum absolute atomic E-state index is 0.0623. The molecule has 0 bridgehead atoms. The number of aryl methyl sites for hydroxylation is 1. The van der Waals surface area contributed by atoms with Gasteiger partial charge in [0, 0.05) is 18.7 Å². The van der Waals surface area contributed by atoms with Gasteiger partial charge in [-0.3, -0.25) is 0 Å². The summed E-state index contributed by atoms with van der Waals surface area (Å²) in [6.45, 7) is 5.80. The quantitative estimate of drug-likeness (QED) is 0.926. The lowest BCUT2D eigenvalue weighted by Crippen LogP contribution is -2.16. The van der Waals surface area contributed by atoms with Gasteiger partial charge in [0.05, 0.1) is 5.69 Å². The highest BCUT2D eigenvalue weighted by molar-refractivity contribution is 5.38. The van der Waals surface area contributed by atoms with Crippen molar-refractivity contribution in [2.24, 2.45) is 0 Å². The van der Waals surface area contributed by atoms with Crippen LogP contribution in [0.3, 0.4) is 0 Å². The Hall–Kier alpha value is -1.94. The van der Waals surface area contributed by atoms with Crippen molar-refractivity contribution in [1.29, 1.82) is 0 Å². The molecule has 2 heterocycles. The third-order valence-corrected chi connectivity index (χ3v) is 3.42. The second-order valence-corrected chi connectivity index (χ2v) is 5.06. The number of fused-ring (bicyclic) bond motifs is 1. The van der Waals surface area contributed by atoms with Gasteiger partial charge in [0.2, 0.25) is 0 Å². The van der Waals surface area contributed by atoms with Crippen LogP contribution in [0, 0.1) is 6.92 Å². The molecule has 0 radical (unpaired) electrons. The van der Waals surface area contributed by atoms with E-state index in [-0.39, 0.29) is 6.10 Å². The number of nitrogens with one attached hydrogen (secondary N) is 1. The largest absolute Gasteiger partial charge is 0.482 e. The fourth-order valence-corrected chi connectivity index (χ4v) is 2.47.